The van der Waals surface area contributed by atoms with Crippen LogP contribution in [0.1, 0.15) is 19.3 Å². The largest absolute Gasteiger partial charge is 0.357 e. The molecule has 0 amide bonds. The number of fused-ring (bicyclic) bond motifs is 2. The Morgan fingerprint density at radius 2 is 2.26 bits per heavy atom. The van der Waals surface area contributed by atoms with Gasteiger partial charge in [-0.1, -0.05) is 11.3 Å². The molecular weight excluding hydrogens is 261 g/mol. The maximum Gasteiger partial charge on any atom is 0.184 e. The van der Waals surface area contributed by atoms with Crippen LogP contribution < -0.4 is 5.32 Å². The van der Waals surface area contributed by atoms with Gasteiger partial charge in [0.2, 0.25) is 0 Å². The fraction of sp³-hybridized carbons (Fsp3) is 0.500. The molecule has 4 rings (SSSR count). The Balaban J connectivity index is 1.58. The predicted octanol–water partition coefficient (Wildman–Crippen LogP) is 3.08. The fourth-order valence-electron chi connectivity index (χ4n) is 3.37. The van der Waals surface area contributed by atoms with Crippen LogP contribution in [0.4, 0.5) is 9.52 Å². The van der Waals surface area contributed by atoms with Crippen LogP contribution in [0, 0.1) is 5.82 Å². The van der Waals surface area contributed by atoms with Gasteiger partial charge in [-0.2, -0.15) is 0 Å². The van der Waals surface area contributed by atoms with Crippen molar-refractivity contribution in [2.45, 2.75) is 31.3 Å². The normalized spacial score (nSPS) is 27.0. The second-order valence-corrected chi connectivity index (χ2v) is 6.45. The van der Waals surface area contributed by atoms with Gasteiger partial charge < -0.3 is 5.32 Å². The van der Waals surface area contributed by atoms with Crippen molar-refractivity contribution in [3.8, 4) is 0 Å². The van der Waals surface area contributed by atoms with E-state index in [0.717, 1.165) is 15.3 Å². The van der Waals surface area contributed by atoms with Crippen molar-refractivity contribution >= 4 is 26.7 Å². The van der Waals surface area contributed by atoms with Gasteiger partial charge in [-0.3, -0.25) is 4.90 Å². The molecule has 2 aliphatic heterocycles. The van der Waals surface area contributed by atoms with E-state index in [1.54, 1.807) is 11.3 Å². The van der Waals surface area contributed by atoms with Gasteiger partial charge in [0.1, 0.15) is 5.82 Å². The van der Waals surface area contributed by atoms with Gasteiger partial charge in [0.05, 0.1) is 10.2 Å². The average Bonchev–Trinajstić information content (AvgIpc) is 3.05. The summed E-state index contributed by atoms with van der Waals surface area (Å²) in [6.45, 7) is 2.44. The molecule has 19 heavy (non-hydrogen) atoms. The topological polar surface area (TPSA) is 28.2 Å². The first-order chi connectivity index (χ1) is 9.29. The molecule has 1 N–H and O–H groups in total. The van der Waals surface area contributed by atoms with Crippen molar-refractivity contribution in [3.05, 3.63) is 24.0 Å². The molecule has 3 heterocycles. The number of aromatic nitrogens is 1. The molecule has 3 nitrogen and oxygen atoms in total. The third-order valence-electron chi connectivity index (χ3n) is 4.26. The lowest BCUT2D eigenvalue weighted by Gasteiger charge is -2.20. The summed E-state index contributed by atoms with van der Waals surface area (Å²) < 4.78 is 14.2. The van der Waals surface area contributed by atoms with Crippen LogP contribution in [0.3, 0.4) is 0 Å². The summed E-state index contributed by atoms with van der Waals surface area (Å²) in [7, 11) is 0. The van der Waals surface area contributed by atoms with E-state index in [2.05, 4.69) is 15.2 Å². The molecule has 0 saturated carbocycles. The van der Waals surface area contributed by atoms with Gasteiger partial charge in [0.15, 0.2) is 5.13 Å². The van der Waals surface area contributed by atoms with E-state index in [1.807, 2.05) is 6.07 Å². The molecule has 2 aromatic rings. The van der Waals surface area contributed by atoms with Gasteiger partial charge >= 0.3 is 0 Å². The second-order valence-electron chi connectivity index (χ2n) is 5.42. The molecule has 2 atom stereocenters. The van der Waals surface area contributed by atoms with Crippen molar-refractivity contribution in [3.63, 3.8) is 0 Å². The molecule has 2 saturated heterocycles. The van der Waals surface area contributed by atoms with Crippen LogP contribution in [0.15, 0.2) is 18.2 Å². The maximum absolute atomic E-state index is 13.2. The summed E-state index contributed by atoms with van der Waals surface area (Å²) in [5, 5.41) is 4.49. The molecule has 1 aromatic heterocycles. The Labute approximate surface area is 115 Å². The molecule has 0 bridgehead atoms. The fourth-order valence-corrected chi connectivity index (χ4v) is 4.28. The number of anilines is 1. The second kappa shape index (κ2) is 4.42. The van der Waals surface area contributed by atoms with Crippen molar-refractivity contribution < 1.29 is 4.39 Å². The van der Waals surface area contributed by atoms with E-state index >= 15 is 0 Å². The minimum Gasteiger partial charge on any atom is -0.357 e. The van der Waals surface area contributed by atoms with Gasteiger partial charge in [-0.05, 0) is 37.9 Å². The number of halogens is 1. The van der Waals surface area contributed by atoms with Crippen LogP contribution >= 0.6 is 11.3 Å². The Morgan fingerprint density at radius 3 is 3.21 bits per heavy atom. The first-order valence-electron chi connectivity index (χ1n) is 6.86. The molecule has 1 aromatic carbocycles. The van der Waals surface area contributed by atoms with E-state index in [1.165, 1.54) is 44.5 Å². The predicted molar refractivity (Wildman–Crippen MR) is 76.2 cm³/mol. The Hall–Kier alpha value is -1.20. The van der Waals surface area contributed by atoms with Crippen molar-refractivity contribution in [1.82, 2.24) is 9.88 Å². The van der Waals surface area contributed by atoms with E-state index in [4.69, 9.17) is 0 Å². The smallest absolute Gasteiger partial charge is 0.184 e. The number of rotatable bonds is 2. The molecule has 0 spiro atoms. The van der Waals surface area contributed by atoms with Gasteiger partial charge in [0.25, 0.3) is 0 Å². The van der Waals surface area contributed by atoms with E-state index in [9.17, 15) is 4.39 Å². The van der Waals surface area contributed by atoms with Crippen molar-refractivity contribution in [2.75, 3.05) is 18.4 Å². The van der Waals surface area contributed by atoms with Crippen molar-refractivity contribution in [1.29, 1.82) is 0 Å². The minimum absolute atomic E-state index is 0.216. The third-order valence-corrected chi connectivity index (χ3v) is 5.23. The molecule has 100 valence electrons. The average molecular weight is 277 g/mol. The van der Waals surface area contributed by atoms with Crippen LogP contribution in [-0.4, -0.2) is 35.1 Å². The van der Waals surface area contributed by atoms with E-state index in [0.29, 0.717) is 12.1 Å². The van der Waals surface area contributed by atoms with Crippen LogP contribution in [0.2, 0.25) is 0 Å². The molecule has 0 radical (unpaired) electrons. The van der Waals surface area contributed by atoms with E-state index in [-0.39, 0.29) is 5.82 Å². The SMILES string of the molecule is Fc1ccc2sc(NC3CCN4CCCC34)nc2c1. The first-order valence-corrected chi connectivity index (χ1v) is 7.68. The highest BCUT2D eigenvalue weighted by molar-refractivity contribution is 7.22. The zero-order chi connectivity index (χ0) is 12.8. The van der Waals surface area contributed by atoms with Gasteiger partial charge in [-0.25, -0.2) is 9.37 Å². The highest BCUT2D eigenvalue weighted by atomic mass is 32.1. The number of nitrogens with zero attached hydrogens (tertiary/aromatic N) is 2. The third kappa shape index (κ3) is 2.01. The van der Waals surface area contributed by atoms with Crippen molar-refractivity contribution in [2.24, 2.45) is 0 Å². The lowest BCUT2D eigenvalue weighted by atomic mass is 10.1. The highest BCUT2D eigenvalue weighted by Crippen LogP contribution is 2.32. The molecular formula is C14H16FN3S. The summed E-state index contributed by atoms with van der Waals surface area (Å²) in [6.07, 6.45) is 3.79. The molecule has 2 unspecified atom stereocenters. The summed E-state index contributed by atoms with van der Waals surface area (Å²) in [5.74, 6) is -0.216. The number of nitrogens with one attached hydrogen (secondary N) is 1. The monoisotopic (exact) mass is 277 g/mol. The van der Waals surface area contributed by atoms with Crippen LogP contribution in [0.25, 0.3) is 10.2 Å². The number of hydrogen-bond acceptors (Lipinski definition) is 4. The number of benzene rings is 1. The maximum atomic E-state index is 13.2. The van der Waals surface area contributed by atoms with Gasteiger partial charge in [-0.15, -0.1) is 0 Å². The van der Waals surface area contributed by atoms with Crippen LogP contribution in [-0.2, 0) is 0 Å². The Morgan fingerprint density at radius 1 is 1.32 bits per heavy atom. The summed E-state index contributed by atoms with van der Waals surface area (Å²) in [4.78, 5) is 7.07. The zero-order valence-corrected chi connectivity index (χ0v) is 11.4. The number of hydrogen-bond donors (Lipinski definition) is 1. The zero-order valence-electron chi connectivity index (χ0n) is 10.6. The molecule has 2 fully saturated rings. The standard InChI is InChI=1S/C14H16FN3S/c15-9-3-4-13-11(8-9)17-14(19-13)16-10-5-7-18-6-1-2-12(10)18/h3-4,8,10,12H,1-2,5-7H2,(H,16,17). The molecule has 5 heteroatoms. The molecule has 2 aliphatic rings. The Kier molecular flexibility index (Phi) is 2.70. The first kappa shape index (κ1) is 11.6. The highest BCUT2D eigenvalue weighted by Gasteiger charge is 2.37. The van der Waals surface area contributed by atoms with E-state index < -0.39 is 0 Å². The quantitative estimate of drug-likeness (QED) is 0.914. The lowest BCUT2D eigenvalue weighted by molar-refractivity contribution is 0.318. The summed E-state index contributed by atoms with van der Waals surface area (Å²) >= 11 is 1.62. The number of thiazole rings is 1. The Bertz CT molecular complexity index is 612. The minimum atomic E-state index is -0.216. The lowest BCUT2D eigenvalue weighted by Crippen LogP contribution is -2.33. The summed E-state index contributed by atoms with van der Waals surface area (Å²) in [5.41, 5.74) is 0.758. The molecule has 0 aliphatic carbocycles. The summed E-state index contributed by atoms with van der Waals surface area (Å²) in [6, 6.07) is 5.99. The van der Waals surface area contributed by atoms with Gasteiger partial charge in [0, 0.05) is 24.7 Å². The van der Waals surface area contributed by atoms with Crippen LogP contribution in [0.5, 0.6) is 0 Å².